The van der Waals surface area contributed by atoms with Crippen LogP contribution < -0.4 is 20.9 Å². The van der Waals surface area contributed by atoms with Crippen molar-refractivity contribution in [1.82, 2.24) is 0 Å². The molecule has 0 aliphatic rings. The van der Waals surface area contributed by atoms with E-state index >= 15 is 0 Å². The summed E-state index contributed by atoms with van der Waals surface area (Å²) >= 11 is 0. The molecule has 0 spiro atoms. The first-order valence-electron chi connectivity index (χ1n) is 11.5. The summed E-state index contributed by atoms with van der Waals surface area (Å²) in [6, 6.07) is 17.4. The number of carbonyl (C=O) groups excluding carboxylic acids is 2. The van der Waals surface area contributed by atoms with Gasteiger partial charge in [0.2, 0.25) is 0 Å². The first kappa shape index (κ1) is 26.8. The van der Waals surface area contributed by atoms with Crippen LogP contribution in [0.15, 0.2) is 66.7 Å². The number of anilines is 2. The molecule has 0 atom stereocenters. The number of benzene rings is 3. The Kier molecular flexibility index (Phi) is 9.62. The Morgan fingerprint density at radius 1 is 1.00 bits per heavy atom. The number of nitrogens with two attached hydrogens (primary N) is 2. The van der Waals surface area contributed by atoms with E-state index in [1.807, 2.05) is 6.07 Å². The highest BCUT2D eigenvalue weighted by atomic mass is 19.1. The Hall–Kier alpha value is -4.84. The lowest BCUT2D eigenvalue weighted by Gasteiger charge is -2.08. The van der Waals surface area contributed by atoms with E-state index in [4.69, 9.17) is 30.9 Å². The van der Waals surface area contributed by atoms with E-state index in [2.05, 4.69) is 0 Å². The van der Waals surface area contributed by atoms with Gasteiger partial charge < -0.3 is 25.7 Å². The van der Waals surface area contributed by atoms with Gasteiger partial charge in [0.1, 0.15) is 5.75 Å². The van der Waals surface area contributed by atoms with Crippen LogP contribution in [-0.2, 0) is 16.0 Å². The number of unbranched alkanes of at least 4 members (excludes halogenated alkanes) is 1. The molecule has 0 fully saturated rings. The molecule has 0 aliphatic heterocycles. The maximum Gasteiger partial charge on any atom is 0.343 e. The minimum atomic E-state index is -0.733. The first-order valence-corrected chi connectivity index (χ1v) is 11.5. The number of hydrogen-bond donors (Lipinski definition) is 2. The average Bonchev–Trinajstić information content (AvgIpc) is 2.88. The summed E-state index contributed by atoms with van der Waals surface area (Å²) in [5.74, 6) is -1.69. The van der Waals surface area contributed by atoms with Crippen LogP contribution >= 0.6 is 0 Å². The molecule has 4 N–H and O–H groups in total. The van der Waals surface area contributed by atoms with Crippen molar-refractivity contribution in [1.29, 1.82) is 5.26 Å². The van der Waals surface area contributed by atoms with E-state index in [1.54, 1.807) is 48.5 Å². The van der Waals surface area contributed by atoms with Gasteiger partial charge in [-0.3, -0.25) is 0 Å². The summed E-state index contributed by atoms with van der Waals surface area (Å²) in [6.07, 6.45) is 4.11. The zero-order chi connectivity index (χ0) is 26.6. The zero-order valence-electron chi connectivity index (χ0n) is 20.0. The lowest BCUT2D eigenvalue weighted by molar-refractivity contribution is -0.137. The number of rotatable bonds is 11. The van der Waals surface area contributed by atoms with E-state index in [0.29, 0.717) is 36.2 Å². The number of hydrogen-bond acceptors (Lipinski definition) is 8. The van der Waals surface area contributed by atoms with Gasteiger partial charge in [-0.1, -0.05) is 18.2 Å². The first-order chi connectivity index (χ1) is 17.9. The lowest BCUT2D eigenvalue weighted by atomic mass is 10.1. The van der Waals surface area contributed by atoms with Crippen LogP contribution in [-0.4, -0.2) is 25.2 Å². The Balaban J connectivity index is 1.47. The molecule has 0 aromatic heterocycles. The quantitative estimate of drug-likeness (QED) is 0.126. The third-order valence-electron chi connectivity index (χ3n) is 5.15. The van der Waals surface area contributed by atoms with E-state index in [1.165, 1.54) is 18.2 Å². The molecule has 0 saturated heterocycles. The van der Waals surface area contributed by atoms with Crippen LogP contribution in [0.2, 0.25) is 0 Å². The predicted molar refractivity (Wildman–Crippen MR) is 137 cm³/mol. The summed E-state index contributed by atoms with van der Waals surface area (Å²) in [7, 11) is 0. The largest absolute Gasteiger partial charge is 0.490 e. The maximum atomic E-state index is 14.2. The number of halogens is 1. The van der Waals surface area contributed by atoms with Crippen molar-refractivity contribution in [2.45, 2.75) is 19.3 Å². The van der Waals surface area contributed by atoms with Crippen LogP contribution in [0.4, 0.5) is 15.8 Å². The topological polar surface area (TPSA) is 138 Å². The van der Waals surface area contributed by atoms with E-state index in [0.717, 1.165) is 11.6 Å². The van der Waals surface area contributed by atoms with Crippen molar-refractivity contribution >= 4 is 29.4 Å². The van der Waals surface area contributed by atoms with Crippen molar-refractivity contribution in [3.05, 3.63) is 89.2 Å². The molecule has 190 valence electrons. The van der Waals surface area contributed by atoms with Gasteiger partial charge >= 0.3 is 11.9 Å². The number of carbonyl (C=O) groups is 2. The van der Waals surface area contributed by atoms with Crippen molar-refractivity contribution in [2.75, 3.05) is 24.7 Å². The number of nitriles is 1. The van der Waals surface area contributed by atoms with E-state index in [9.17, 15) is 14.0 Å². The fraction of sp³-hybridized carbons (Fsp3) is 0.179. The molecular formula is C28H26FN3O5. The molecule has 3 aromatic rings. The van der Waals surface area contributed by atoms with E-state index in [-0.39, 0.29) is 30.3 Å². The molecule has 0 bridgehead atoms. The van der Waals surface area contributed by atoms with Gasteiger partial charge in [-0.2, -0.15) is 5.26 Å². The average molecular weight is 504 g/mol. The molecule has 0 heterocycles. The molecule has 0 saturated carbocycles. The zero-order valence-corrected chi connectivity index (χ0v) is 20.0. The number of ether oxygens (including phenoxy) is 3. The summed E-state index contributed by atoms with van der Waals surface area (Å²) < 4.78 is 30.0. The highest BCUT2D eigenvalue weighted by molar-refractivity contribution is 5.91. The summed E-state index contributed by atoms with van der Waals surface area (Å²) in [6.45, 7) is 0.368. The molecule has 3 rings (SSSR count). The summed E-state index contributed by atoms with van der Waals surface area (Å²) in [5, 5.41) is 8.52. The molecular weight excluding hydrogens is 477 g/mol. The third-order valence-corrected chi connectivity index (χ3v) is 5.15. The standard InChI is InChI=1S/C28H26FN3O5/c29-24-17-21(7-11-26(24)35-15-2-1-14-30)28(34)37-23-9-3-19(4-10-23)5-12-27(33)36-16-13-20-6-8-22(31)18-25(20)32/h3-12,17-18H,1-2,13,15-16,31-32H2/b12-5+. The minimum absolute atomic E-state index is 0.00135. The predicted octanol–water partition coefficient (Wildman–Crippen LogP) is 4.69. The van der Waals surface area contributed by atoms with E-state index < -0.39 is 17.8 Å². The van der Waals surface area contributed by atoms with Crippen LogP contribution in [0, 0.1) is 17.1 Å². The normalized spacial score (nSPS) is 10.6. The highest BCUT2D eigenvalue weighted by Crippen LogP contribution is 2.21. The van der Waals surface area contributed by atoms with Crippen molar-refractivity contribution in [2.24, 2.45) is 0 Å². The second-order valence-corrected chi connectivity index (χ2v) is 7.92. The Morgan fingerprint density at radius 2 is 1.78 bits per heavy atom. The fourth-order valence-corrected chi connectivity index (χ4v) is 3.21. The van der Waals surface area contributed by atoms with Crippen LogP contribution in [0.3, 0.4) is 0 Å². The minimum Gasteiger partial charge on any atom is -0.490 e. The van der Waals surface area contributed by atoms with Crippen LogP contribution in [0.1, 0.15) is 34.3 Å². The molecule has 0 amide bonds. The SMILES string of the molecule is N#CCCCOc1ccc(C(=O)Oc2ccc(/C=C/C(=O)OCCc3ccc(N)cc3N)cc2)cc1F. The Morgan fingerprint density at radius 3 is 2.49 bits per heavy atom. The van der Waals surface area contributed by atoms with Crippen molar-refractivity contribution in [3.63, 3.8) is 0 Å². The molecule has 9 heteroatoms. The highest BCUT2D eigenvalue weighted by Gasteiger charge is 2.13. The molecule has 37 heavy (non-hydrogen) atoms. The summed E-state index contributed by atoms with van der Waals surface area (Å²) in [4.78, 5) is 24.3. The Bertz CT molecular complexity index is 1320. The monoisotopic (exact) mass is 503 g/mol. The lowest BCUT2D eigenvalue weighted by Crippen LogP contribution is -2.09. The van der Waals surface area contributed by atoms with Gasteiger partial charge in [-0.15, -0.1) is 0 Å². The molecule has 0 aliphatic carbocycles. The molecule has 0 radical (unpaired) electrons. The number of nitrogens with zero attached hydrogens (tertiary/aromatic N) is 1. The van der Waals surface area contributed by atoms with Gasteiger partial charge in [-0.25, -0.2) is 14.0 Å². The molecule has 8 nitrogen and oxygen atoms in total. The second kappa shape index (κ2) is 13.3. The Labute approximate surface area is 213 Å². The fourth-order valence-electron chi connectivity index (χ4n) is 3.21. The second-order valence-electron chi connectivity index (χ2n) is 7.92. The van der Waals surface area contributed by atoms with Crippen LogP contribution in [0.25, 0.3) is 6.08 Å². The molecule has 3 aromatic carbocycles. The van der Waals surface area contributed by atoms with Crippen molar-refractivity contribution < 1.29 is 28.2 Å². The van der Waals surface area contributed by atoms with Gasteiger partial charge in [0.05, 0.1) is 24.8 Å². The third kappa shape index (κ3) is 8.40. The van der Waals surface area contributed by atoms with Crippen molar-refractivity contribution in [3.8, 4) is 17.6 Å². The van der Waals surface area contributed by atoms with Gasteiger partial charge in [0, 0.05) is 30.3 Å². The smallest absolute Gasteiger partial charge is 0.343 e. The summed E-state index contributed by atoms with van der Waals surface area (Å²) in [5.41, 5.74) is 14.2. The number of nitrogen functional groups attached to an aromatic ring is 2. The molecule has 0 unspecified atom stereocenters. The number of esters is 2. The maximum absolute atomic E-state index is 14.2. The van der Waals surface area contributed by atoms with Gasteiger partial charge in [0.15, 0.2) is 11.6 Å². The van der Waals surface area contributed by atoms with Gasteiger partial charge in [0.25, 0.3) is 0 Å². The van der Waals surface area contributed by atoms with Crippen LogP contribution in [0.5, 0.6) is 11.5 Å². The van der Waals surface area contributed by atoms with Gasteiger partial charge in [-0.05, 0) is 66.1 Å².